The fourth-order valence-electron chi connectivity index (χ4n) is 1.55. The van der Waals surface area contributed by atoms with Gasteiger partial charge in [-0.1, -0.05) is 19.9 Å². The SMILES string of the molecule is C=C(/N=C\C(OCCO)=C(/N)NCCCC)NC(=C)OC(C)(C)C. The van der Waals surface area contributed by atoms with Gasteiger partial charge in [-0.2, -0.15) is 0 Å². The Labute approximate surface area is 145 Å². The normalized spacial score (nSPS) is 12.5. The highest BCUT2D eigenvalue weighted by molar-refractivity contribution is 5.77. The first kappa shape index (κ1) is 21.9. The number of aliphatic hydroxyl groups is 1. The lowest BCUT2D eigenvalue weighted by Crippen LogP contribution is -2.25. The Morgan fingerprint density at radius 2 is 2.00 bits per heavy atom. The smallest absolute Gasteiger partial charge is 0.185 e. The molecule has 24 heavy (non-hydrogen) atoms. The van der Waals surface area contributed by atoms with Gasteiger partial charge in [-0.25, -0.2) is 4.99 Å². The number of nitrogens with zero attached hydrogens (tertiary/aromatic N) is 1. The van der Waals surface area contributed by atoms with Crippen molar-refractivity contribution in [3.8, 4) is 0 Å². The van der Waals surface area contributed by atoms with Crippen molar-refractivity contribution >= 4 is 6.21 Å². The van der Waals surface area contributed by atoms with Gasteiger partial charge in [-0.3, -0.25) is 0 Å². The lowest BCUT2D eigenvalue weighted by atomic mass is 10.2. The molecule has 0 aromatic heterocycles. The number of aliphatic hydroxyl groups excluding tert-OH is 1. The van der Waals surface area contributed by atoms with Gasteiger partial charge in [0, 0.05) is 6.54 Å². The molecule has 0 heterocycles. The van der Waals surface area contributed by atoms with E-state index >= 15 is 0 Å². The lowest BCUT2D eigenvalue weighted by molar-refractivity contribution is 0.0441. The zero-order chi connectivity index (χ0) is 18.6. The van der Waals surface area contributed by atoms with Crippen LogP contribution in [0.15, 0.2) is 41.4 Å². The van der Waals surface area contributed by atoms with E-state index < -0.39 is 0 Å². The van der Waals surface area contributed by atoms with Crippen LogP contribution in [0.2, 0.25) is 0 Å². The summed E-state index contributed by atoms with van der Waals surface area (Å²) in [6, 6.07) is 0. The van der Waals surface area contributed by atoms with Crippen molar-refractivity contribution in [1.29, 1.82) is 0 Å². The number of unbranched alkanes of at least 4 members (excludes halogenated alkanes) is 1. The molecule has 7 heteroatoms. The van der Waals surface area contributed by atoms with E-state index in [1.165, 1.54) is 6.21 Å². The lowest BCUT2D eigenvalue weighted by Gasteiger charge is -2.23. The second kappa shape index (κ2) is 11.4. The zero-order valence-electron chi connectivity index (χ0n) is 15.3. The molecule has 0 radical (unpaired) electrons. The van der Waals surface area contributed by atoms with Crippen LogP contribution in [0.4, 0.5) is 0 Å². The van der Waals surface area contributed by atoms with Crippen molar-refractivity contribution in [2.45, 2.75) is 46.1 Å². The molecule has 0 aliphatic rings. The number of aliphatic imine (C=N–C) groups is 1. The van der Waals surface area contributed by atoms with Gasteiger partial charge in [0.25, 0.3) is 0 Å². The number of allylic oxidation sites excluding steroid dienone is 1. The Kier molecular flexibility index (Phi) is 10.4. The second-order valence-corrected chi connectivity index (χ2v) is 6.10. The molecule has 7 nitrogen and oxygen atoms in total. The van der Waals surface area contributed by atoms with Gasteiger partial charge in [-0.15, -0.1) is 0 Å². The molecule has 0 aromatic rings. The summed E-state index contributed by atoms with van der Waals surface area (Å²) >= 11 is 0. The van der Waals surface area contributed by atoms with E-state index in [-0.39, 0.29) is 18.8 Å². The maximum absolute atomic E-state index is 8.90. The van der Waals surface area contributed by atoms with Gasteiger partial charge in [-0.05, 0) is 33.8 Å². The van der Waals surface area contributed by atoms with Crippen molar-refractivity contribution in [3.05, 3.63) is 36.4 Å². The van der Waals surface area contributed by atoms with Crippen molar-refractivity contribution in [3.63, 3.8) is 0 Å². The summed E-state index contributed by atoms with van der Waals surface area (Å²) in [7, 11) is 0. The van der Waals surface area contributed by atoms with Gasteiger partial charge in [0.15, 0.2) is 11.6 Å². The van der Waals surface area contributed by atoms with Crippen molar-refractivity contribution in [2.24, 2.45) is 10.7 Å². The average molecular weight is 340 g/mol. The first-order valence-electron chi connectivity index (χ1n) is 8.04. The minimum Gasteiger partial charge on any atom is -0.486 e. The Bertz CT molecular complexity index is 465. The summed E-state index contributed by atoms with van der Waals surface area (Å²) in [5, 5.41) is 14.8. The number of hydrogen-bond donors (Lipinski definition) is 4. The predicted octanol–water partition coefficient (Wildman–Crippen LogP) is 1.93. The van der Waals surface area contributed by atoms with E-state index in [0.29, 0.717) is 23.3 Å². The van der Waals surface area contributed by atoms with Gasteiger partial charge >= 0.3 is 0 Å². The van der Waals surface area contributed by atoms with E-state index in [2.05, 4.69) is 35.7 Å². The van der Waals surface area contributed by atoms with Crippen LogP contribution < -0.4 is 16.4 Å². The summed E-state index contributed by atoms with van der Waals surface area (Å²) in [6.45, 7) is 16.1. The maximum Gasteiger partial charge on any atom is 0.185 e. The zero-order valence-corrected chi connectivity index (χ0v) is 15.3. The maximum atomic E-state index is 8.90. The van der Waals surface area contributed by atoms with Gasteiger partial charge in [0.1, 0.15) is 23.8 Å². The third kappa shape index (κ3) is 11.4. The van der Waals surface area contributed by atoms with Crippen LogP contribution in [0.1, 0.15) is 40.5 Å². The Morgan fingerprint density at radius 1 is 1.33 bits per heavy atom. The van der Waals surface area contributed by atoms with Crippen LogP contribution in [0.5, 0.6) is 0 Å². The van der Waals surface area contributed by atoms with Gasteiger partial charge < -0.3 is 30.9 Å². The van der Waals surface area contributed by atoms with E-state index in [1.54, 1.807) is 0 Å². The first-order valence-corrected chi connectivity index (χ1v) is 8.04. The average Bonchev–Trinajstić information content (AvgIpc) is 2.45. The molecule has 0 spiro atoms. The molecule has 5 N–H and O–H groups in total. The van der Waals surface area contributed by atoms with Crippen LogP contribution in [0.3, 0.4) is 0 Å². The quantitative estimate of drug-likeness (QED) is 0.246. The van der Waals surface area contributed by atoms with E-state index in [1.807, 2.05) is 20.8 Å². The highest BCUT2D eigenvalue weighted by atomic mass is 16.5. The highest BCUT2D eigenvalue weighted by Crippen LogP contribution is 2.11. The van der Waals surface area contributed by atoms with Crippen LogP contribution in [-0.2, 0) is 9.47 Å². The summed E-state index contributed by atoms with van der Waals surface area (Å²) in [6.07, 6.45) is 3.48. The standard InChI is InChI=1S/C17H32N4O3/c1-7-8-9-19-16(18)15(23-11-10-22)12-20-13(2)21-14(3)24-17(4,5)6/h12,19,21-22H,2-3,7-11,18H2,1,4-6H3/b16-15-,20-12-. The van der Waals surface area contributed by atoms with E-state index in [4.69, 9.17) is 20.3 Å². The van der Waals surface area contributed by atoms with Crippen molar-refractivity contribution in [2.75, 3.05) is 19.8 Å². The molecule has 0 aliphatic heterocycles. The van der Waals surface area contributed by atoms with Gasteiger partial charge in [0.2, 0.25) is 0 Å². The van der Waals surface area contributed by atoms with Crippen molar-refractivity contribution in [1.82, 2.24) is 10.6 Å². The topological polar surface area (TPSA) is 101 Å². The Balaban J connectivity index is 4.75. The van der Waals surface area contributed by atoms with Crippen molar-refractivity contribution < 1.29 is 14.6 Å². The fraction of sp³-hybridized carbons (Fsp3) is 0.588. The third-order valence-electron chi connectivity index (χ3n) is 2.51. The molecular formula is C17H32N4O3. The van der Waals surface area contributed by atoms with Crippen LogP contribution >= 0.6 is 0 Å². The Hall–Kier alpha value is -2.15. The number of rotatable bonds is 12. The molecule has 0 aromatic carbocycles. The van der Waals surface area contributed by atoms with Crippen LogP contribution in [-0.4, -0.2) is 36.7 Å². The highest BCUT2D eigenvalue weighted by Gasteiger charge is 2.12. The monoisotopic (exact) mass is 340 g/mol. The molecule has 0 saturated heterocycles. The summed E-state index contributed by atoms with van der Waals surface area (Å²) in [5.74, 6) is 1.37. The number of nitrogens with two attached hydrogens (primary N) is 1. The molecule has 0 atom stereocenters. The van der Waals surface area contributed by atoms with E-state index in [9.17, 15) is 0 Å². The first-order chi connectivity index (χ1) is 11.2. The molecule has 0 rings (SSSR count). The fourth-order valence-corrected chi connectivity index (χ4v) is 1.55. The minimum absolute atomic E-state index is 0.116. The summed E-state index contributed by atoms with van der Waals surface area (Å²) < 4.78 is 10.9. The summed E-state index contributed by atoms with van der Waals surface area (Å²) in [5.41, 5.74) is 5.58. The molecule has 0 fully saturated rings. The molecule has 0 bridgehead atoms. The molecule has 0 amide bonds. The number of nitrogens with one attached hydrogen (secondary N) is 2. The van der Waals surface area contributed by atoms with Crippen LogP contribution in [0, 0.1) is 0 Å². The second-order valence-electron chi connectivity index (χ2n) is 6.10. The van der Waals surface area contributed by atoms with Gasteiger partial charge in [0.05, 0.1) is 12.8 Å². The molecule has 138 valence electrons. The largest absolute Gasteiger partial charge is 0.486 e. The Morgan fingerprint density at radius 3 is 2.54 bits per heavy atom. The molecular weight excluding hydrogens is 308 g/mol. The third-order valence-corrected chi connectivity index (χ3v) is 2.51. The van der Waals surface area contributed by atoms with E-state index in [0.717, 1.165) is 19.4 Å². The summed E-state index contributed by atoms with van der Waals surface area (Å²) in [4.78, 5) is 4.14. The molecule has 0 saturated carbocycles. The minimum atomic E-state index is -0.364. The predicted molar refractivity (Wildman–Crippen MR) is 97.9 cm³/mol. The molecule has 0 unspecified atom stereocenters. The molecule has 0 aliphatic carbocycles. The van der Waals surface area contributed by atoms with Crippen LogP contribution in [0.25, 0.3) is 0 Å². The number of hydrogen-bond acceptors (Lipinski definition) is 7. The number of ether oxygens (including phenoxy) is 2.